The van der Waals surface area contributed by atoms with E-state index in [1.165, 1.54) is 12.1 Å². The lowest BCUT2D eigenvalue weighted by atomic mass is 9.95. The van der Waals surface area contributed by atoms with Crippen molar-refractivity contribution < 1.29 is 22.7 Å². The summed E-state index contributed by atoms with van der Waals surface area (Å²) in [5, 5.41) is 6.59. The Kier molecular flexibility index (Phi) is 6.00. The third kappa shape index (κ3) is 5.11. The van der Waals surface area contributed by atoms with Crippen molar-refractivity contribution in [1.82, 2.24) is 4.98 Å². The molecule has 2 amide bonds. The predicted molar refractivity (Wildman–Crippen MR) is 124 cm³/mol. The molecule has 4 rings (SSSR count). The second-order valence-corrected chi connectivity index (χ2v) is 7.81. The first-order valence-corrected chi connectivity index (χ1v) is 10.3. The number of rotatable bonds is 5. The Hall–Kier alpha value is -3.94. The molecule has 0 unspecified atom stereocenters. The summed E-state index contributed by atoms with van der Waals surface area (Å²) in [6.07, 6.45) is -4.77. The molecule has 0 aliphatic heterocycles. The number of carbonyl (C=O) groups excluding carboxylic acids is 1. The molecule has 3 aromatic carbocycles. The number of hydrogen-bond donors (Lipinski definition) is 3. The van der Waals surface area contributed by atoms with Crippen molar-refractivity contribution in [2.45, 2.75) is 26.1 Å². The van der Waals surface area contributed by atoms with Gasteiger partial charge in [0.05, 0.1) is 11.4 Å². The van der Waals surface area contributed by atoms with Crippen LogP contribution in [0.4, 0.5) is 29.3 Å². The van der Waals surface area contributed by atoms with Crippen LogP contribution in [0.2, 0.25) is 0 Å². The van der Waals surface area contributed by atoms with E-state index in [0.29, 0.717) is 11.4 Å². The molecule has 0 saturated carbocycles. The Morgan fingerprint density at radius 2 is 1.58 bits per heavy atom. The molecule has 0 fully saturated rings. The van der Waals surface area contributed by atoms with Crippen molar-refractivity contribution in [1.29, 1.82) is 0 Å². The number of nitrogens with one attached hydrogen (secondary N) is 3. The van der Waals surface area contributed by atoms with Gasteiger partial charge in [0, 0.05) is 22.2 Å². The molecule has 170 valence electrons. The summed E-state index contributed by atoms with van der Waals surface area (Å²) >= 11 is 0. The van der Waals surface area contributed by atoms with E-state index in [-0.39, 0.29) is 11.7 Å². The number of anilines is 2. The van der Waals surface area contributed by atoms with Crippen LogP contribution in [0, 0.1) is 0 Å². The van der Waals surface area contributed by atoms with E-state index in [4.69, 9.17) is 0 Å². The smallest absolute Gasteiger partial charge is 0.406 e. The molecule has 1 aromatic heterocycles. The van der Waals surface area contributed by atoms with Gasteiger partial charge < -0.3 is 20.4 Å². The summed E-state index contributed by atoms with van der Waals surface area (Å²) in [5.41, 5.74) is 4.85. The first-order valence-electron chi connectivity index (χ1n) is 10.3. The normalized spacial score (nSPS) is 11.6. The standard InChI is InChI=1S/C25H22F3N3O2/c1-15(2)22-18-7-3-5-9-20(18)30-23(22)19-8-4-6-10-21(19)31-24(32)29-16-11-13-17(14-12-16)33-25(26,27)28/h3-15,30H,1-2H3,(H2,29,31,32). The maximum Gasteiger partial charge on any atom is 0.573 e. The SMILES string of the molecule is CC(C)c1c(-c2ccccc2NC(=O)Nc2ccc(OC(F)(F)F)cc2)[nH]c2ccccc12. The van der Waals surface area contributed by atoms with Crippen LogP contribution in [-0.2, 0) is 0 Å². The number of para-hydroxylation sites is 2. The first-order chi connectivity index (χ1) is 15.7. The number of alkyl halides is 3. The lowest BCUT2D eigenvalue weighted by molar-refractivity contribution is -0.274. The molecule has 0 radical (unpaired) electrons. The summed E-state index contributed by atoms with van der Waals surface area (Å²) in [4.78, 5) is 16.1. The summed E-state index contributed by atoms with van der Waals surface area (Å²) in [6.45, 7) is 4.24. The van der Waals surface area contributed by atoms with Gasteiger partial charge in [0.25, 0.3) is 0 Å². The van der Waals surface area contributed by atoms with Crippen molar-refractivity contribution in [3.63, 3.8) is 0 Å². The Morgan fingerprint density at radius 3 is 2.27 bits per heavy atom. The van der Waals surface area contributed by atoms with E-state index < -0.39 is 12.4 Å². The fraction of sp³-hybridized carbons (Fsp3) is 0.160. The predicted octanol–water partition coefficient (Wildman–Crippen LogP) is 7.50. The highest BCUT2D eigenvalue weighted by Gasteiger charge is 2.31. The van der Waals surface area contributed by atoms with Gasteiger partial charge in [-0.25, -0.2) is 4.79 Å². The number of hydrogen-bond acceptors (Lipinski definition) is 2. The fourth-order valence-electron chi connectivity index (χ4n) is 3.81. The summed E-state index contributed by atoms with van der Waals surface area (Å²) < 4.78 is 40.8. The minimum atomic E-state index is -4.77. The minimum absolute atomic E-state index is 0.246. The molecule has 0 bridgehead atoms. The van der Waals surface area contributed by atoms with Crippen molar-refractivity contribution >= 4 is 28.3 Å². The van der Waals surface area contributed by atoms with Crippen LogP contribution in [0.15, 0.2) is 72.8 Å². The molecule has 0 aliphatic carbocycles. The highest BCUT2D eigenvalue weighted by molar-refractivity contribution is 6.03. The molecule has 0 aliphatic rings. The number of carbonyl (C=O) groups is 1. The number of fused-ring (bicyclic) bond motifs is 1. The molecule has 5 nitrogen and oxygen atoms in total. The monoisotopic (exact) mass is 453 g/mol. The molecule has 4 aromatic rings. The van der Waals surface area contributed by atoms with E-state index in [2.05, 4.69) is 40.3 Å². The summed E-state index contributed by atoms with van der Waals surface area (Å²) in [7, 11) is 0. The van der Waals surface area contributed by atoms with Crippen LogP contribution in [0.3, 0.4) is 0 Å². The lowest BCUT2D eigenvalue weighted by Gasteiger charge is -2.14. The van der Waals surface area contributed by atoms with Crippen molar-refractivity contribution in [2.24, 2.45) is 0 Å². The van der Waals surface area contributed by atoms with Crippen LogP contribution in [0.5, 0.6) is 5.75 Å². The third-order valence-electron chi connectivity index (χ3n) is 5.11. The van der Waals surface area contributed by atoms with E-state index in [1.807, 2.05) is 36.4 Å². The van der Waals surface area contributed by atoms with Crippen LogP contribution in [0.1, 0.15) is 25.3 Å². The average molecular weight is 453 g/mol. The Labute approximate surface area is 188 Å². The Bertz CT molecular complexity index is 1280. The van der Waals surface area contributed by atoms with Crippen LogP contribution in [0.25, 0.3) is 22.2 Å². The summed E-state index contributed by atoms with van der Waals surface area (Å²) in [6, 6.07) is 19.9. The van der Waals surface area contributed by atoms with Crippen LogP contribution in [-0.4, -0.2) is 17.4 Å². The average Bonchev–Trinajstić information content (AvgIpc) is 3.14. The molecule has 3 N–H and O–H groups in total. The highest BCUT2D eigenvalue weighted by Crippen LogP contribution is 2.38. The Balaban J connectivity index is 1.57. The topological polar surface area (TPSA) is 66.2 Å². The number of ether oxygens (including phenoxy) is 1. The molecular formula is C25H22F3N3O2. The second-order valence-electron chi connectivity index (χ2n) is 7.81. The zero-order valence-electron chi connectivity index (χ0n) is 18.0. The van der Waals surface area contributed by atoms with Gasteiger partial charge in [0.2, 0.25) is 0 Å². The van der Waals surface area contributed by atoms with Crippen LogP contribution >= 0.6 is 0 Å². The van der Waals surface area contributed by atoms with Gasteiger partial charge in [0.1, 0.15) is 5.75 Å². The number of benzene rings is 3. The maximum absolute atomic E-state index is 12.6. The fourth-order valence-corrected chi connectivity index (χ4v) is 3.81. The van der Waals surface area contributed by atoms with Crippen molar-refractivity contribution in [2.75, 3.05) is 10.6 Å². The number of aromatic amines is 1. The molecule has 0 spiro atoms. The van der Waals surface area contributed by atoms with Gasteiger partial charge in [-0.05, 0) is 47.9 Å². The lowest BCUT2D eigenvalue weighted by Crippen LogP contribution is -2.20. The number of urea groups is 1. The quantitative estimate of drug-likeness (QED) is 0.293. The van der Waals surface area contributed by atoms with E-state index >= 15 is 0 Å². The molecule has 0 saturated heterocycles. The molecule has 0 atom stereocenters. The van der Waals surface area contributed by atoms with Gasteiger partial charge in [-0.3, -0.25) is 0 Å². The number of amides is 2. The molecule has 8 heteroatoms. The summed E-state index contributed by atoms with van der Waals surface area (Å²) in [5.74, 6) is -0.116. The van der Waals surface area contributed by atoms with Gasteiger partial charge in [0.15, 0.2) is 0 Å². The zero-order valence-corrected chi connectivity index (χ0v) is 18.0. The van der Waals surface area contributed by atoms with Gasteiger partial charge in [-0.15, -0.1) is 13.2 Å². The van der Waals surface area contributed by atoms with E-state index in [0.717, 1.165) is 39.9 Å². The number of H-pyrrole nitrogens is 1. The van der Waals surface area contributed by atoms with Crippen molar-refractivity contribution in [3.8, 4) is 17.0 Å². The second kappa shape index (κ2) is 8.90. The van der Waals surface area contributed by atoms with Gasteiger partial charge in [-0.2, -0.15) is 0 Å². The maximum atomic E-state index is 12.6. The number of aromatic nitrogens is 1. The Morgan fingerprint density at radius 1 is 0.909 bits per heavy atom. The molecule has 1 heterocycles. The zero-order chi connectivity index (χ0) is 23.6. The molecule has 33 heavy (non-hydrogen) atoms. The van der Waals surface area contributed by atoms with E-state index in [1.54, 1.807) is 6.07 Å². The van der Waals surface area contributed by atoms with Gasteiger partial charge >= 0.3 is 12.4 Å². The van der Waals surface area contributed by atoms with E-state index in [9.17, 15) is 18.0 Å². The highest BCUT2D eigenvalue weighted by atomic mass is 19.4. The van der Waals surface area contributed by atoms with Crippen LogP contribution < -0.4 is 15.4 Å². The molecular weight excluding hydrogens is 431 g/mol. The van der Waals surface area contributed by atoms with Crippen molar-refractivity contribution in [3.05, 3.63) is 78.4 Å². The number of halogens is 3. The first kappa shape index (κ1) is 22.3. The largest absolute Gasteiger partial charge is 0.573 e. The minimum Gasteiger partial charge on any atom is -0.406 e. The third-order valence-corrected chi connectivity index (χ3v) is 5.11. The van der Waals surface area contributed by atoms with Gasteiger partial charge in [-0.1, -0.05) is 50.2 Å².